The summed E-state index contributed by atoms with van der Waals surface area (Å²) in [6.45, 7) is 1.86. The molecule has 0 radical (unpaired) electrons. The fourth-order valence-electron chi connectivity index (χ4n) is 3.10. The highest BCUT2D eigenvalue weighted by Crippen LogP contribution is 2.33. The van der Waals surface area contributed by atoms with Crippen LogP contribution in [0.4, 0.5) is 0 Å². The van der Waals surface area contributed by atoms with Crippen LogP contribution in [0.25, 0.3) is 0 Å². The molecule has 19 heavy (non-hydrogen) atoms. The van der Waals surface area contributed by atoms with Gasteiger partial charge in [-0.15, -0.1) is 0 Å². The van der Waals surface area contributed by atoms with Crippen molar-refractivity contribution >= 4 is 0 Å². The zero-order valence-electron chi connectivity index (χ0n) is 12.2. The lowest BCUT2D eigenvalue weighted by atomic mass is 9.95. The predicted molar refractivity (Wildman–Crippen MR) is 79.6 cm³/mol. The molecule has 1 fully saturated rings. The third-order valence-corrected chi connectivity index (χ3v) is 4.62. The van der Waals surface area contributed by atoms with Crippen LogP contribution in [-0.4, -0.2) is 37.7 Å². The summed E-state index contributed by atoms with van der Waals surface area (Å²) >= 11 is 0. The Morgan fingerprint density at radius 3 is 2.37 bits per heavy atom. The van der Waals surface area contributed by atoms with E-state index in [0.717, 1.165) is 25.3 Å². The SMILES string of the molecule is COc1ccc(CCN(C)C2(CN)CCCC2)cc1. The number of hydrogen-bond donors (Lipinski definition) is 1. The van der Waals surface area contributed by atoms with Gasteiger partial charge in [-0.3, -0.25) is 4.90 Å². The maximum Gasteiger partial charge on any atom is 0.118 e. The Morgan fingerprint density at radius 2 is 1.84 bits per heavy atom. The summed E-state index contributed by atoms with van der Waals surface area (Å²) in [5.74, 6) is 0.923. The van der Waals surface area contributed by atoms with Crippen molar-refractivity contribution in [3.63, 3.8) is 0 Å². The van der Waals surface area contributed by atoms with Gasteiger partial charge in [0.1, 0.15) is 5.75 Å². The molecule has 0 heterocycles. The quantitative estimate of drug-likeness (QED) is 0.856. The number of ether oxygens (including phenoxy) is 1. The fourth-order valence-corrected chi connectivity index (χ4v) is 3.10. The van der Waals surface area contributed by atoms with Crippen molar-refractivity contribution in [3.05, 3.63) is 29.8 Å². The number of nitrogens with zero attached hydrogens (tertiary/aromatic N) is 1. The van der Waals surface area contributed by atoms with E-state index < -0.39 is 0 Å². The monoisotopic (exact) mass is 262 g/mol. The summed E-state index contributed by atoms with van der Waals surface area (Å²) < 4.78 is 5.18. The second kappa shape index (κ2) is 6.40. The molecule has 0 unspecified atom stereocenters. The van der Waals surface area contributed by atoms with Gasteiger partial charge in [0.25, 0.3) is 0 Å². The van der Waals surface area contributed by atoms with Gasteiger partial charge in [0.05, 0.1) is 7.11 Å². The summed E-state index contributed by atoms with van der Waals surface area (Å²) in [7, 11) is 3.93. The van der Waals surface area contributed by atoms with E-state index in [4.69, 9.17) is 10.5 Å². The van der Waals surface area contributed by atoms with Crippen LogP contribution in [0, 0.1) is 0 Å². The Labute approximate surface area is 116 Å². The molecule has 0 aliphatic heterocycles. The Balaban J connectivity index is 1.90. The minimum absolute atomic E-state index is 0.256. The number of rotatable bonds is 6. The van der Waals surface area contributed by atoms with Crippen LogP contribution in [0.15, 0.2) is 24.3 Å². The fraction of sp³-hybridized carbons (Fsp3) is 0.625. The van der Waals surface area contributed by atoms with E-state index in [1.165, 1.54) is 31.2 Å². The molecule has 1 aromatic carbocycles. The average molecular weight is 262 g/mol. The van der Waals surface area contributed by atoms with Gasteiger partial charge < -0.3 is 10.5 Å². The Hall–Kier alpha value is -1.06. The third kappa shape index (κ3) is 3.28. The molecule has 0 bridgehead atoms. The topological polar surface area (TPSA) is 38.5 Å². The lowest BCUT2D eigenvalue weighted by Crippen LogP contribution is -2.50. The molecule has 2 rings (SSSR count). The molecule has 0 aromatic heterocycles. The van der Waals surface area contributed by atoms with Crippen molar-refractivity contribution in [2.75, 3.05) is 27.2 Å². The maximum atomic E-state index is 6.02. The first-order valence-electron chi connectivity index (χ1n) is 7.24. The lowest BCUT2D eigenvalue weighted by molar-refractivity contribution is 0.133. The maximum absolute atomic E-state index is 6.02. The van der Waals surface area contributed by atoms with Crippen molar-refractivity contribution in [2.24, 2.45) is 5.73 Å². The summed E-state index contributed by atoms with van der Waals surface area (Å²) in [6, 6.07) is 8.36. The van der Waals surface area contributed by atoms with Gasteiger partial charge >= 0.3 is 0 Å². The van der Waals surface area contributed by atoms with E-state index in [0.29, 0.717) is 0 Å². The Morgan fingerprint density at radius 1 is 1.21 bits per heavy atom. The van der Waals surface area contributed by atoms with Crippen molar-refractivity contribution in [1.29, 1.82) is 0 Å². The molecule has 2 N–H and O–H groups in total. The van der Waals surface area contributed by atoms with Crippen molar-refractivity contribution in [1.82, 2.24) is 4.90 Å². The summed E-state index contributed by atoms with van der Waals surface area (Å²) in [4.78, 5) is 2.48. The van der Waals surface area contributed by atoms with Gasteiger partial charge in [-0.05, 0) is 44.0 Å². The molecular formula is C16H26N2O. The van der Waals surface area contributed by atoms with Gasteiger partial charge in [0.2, 0.25) is 0 Å². The Bertz CT molecular complexity index is 382. The van der Waals surface area contributed by atoms with Crippen LogP contribution < -0.4 is 10.5 Å². The van der Waals surface area contributed by atoms with Crippen LogP contribution >= 0.6 is 0 Å². The number of methoxy groups -OCH3 is 1. The zero-order chi connectivity index (χ0) is 13.7. The van der Waals surface area contributed by atoms with Crippen molar-refractivity contribution < 1.29 is 4.74 Å². The third-order valence-electron chi connectivity index (χ3n) is 4.62. The van der Waals surface area contributed by atoms with E-state index in [2.05, 4.69) is 24.1 Å². The van der Waals surface area contributed by atoms with E-state index in [1.54, 1.807) is 7.11 Å². The molecule has 106 valence electrons. The first kappa shape index (κ1) is 14.4. The molecule has 3 nitrogen and oxygen atoms in total. The van der Waals surface area contributed by atoms with Crippen LogP contribution in [0.1, 0.15) is 31.2 Å². The molecule has 1 aromatic rings. The summed E-state index contributed by atoms with van der Waals surface area (Å²) in [6.07, 6.45) is 6.22. The minimum Gasteiger partial charge on any atom is -0.497 e. The van der Waals surface area contributed by atoms with Crippen molar-refractivity contribution in [2.45, 2.75) is 37.6 Å². The van der Waals surface area contributed by atoms with Gasteiger partial charge in [0, 0.05) is 18.6 Å². The molecule has 0 atom stereocenters. The normalized spacial score (nSPS) is 17.9. The summed E-state index contributed by atoms with van der Waals surface area (Å²) in [5.41, 5.74) is 7.63. The molecule has 1 aliphatic rings. The van der Waals surface area contributed by atoms with Gasteiger partial charge in [0.15, 0.2) is 0 Å². The largest absolute Gasteiger partial charge is 0.497 e. The molecule has 0 amide bonds. The van der Waals surface area contributed by atoms with Gasteiger partial charge in [-0.2, -0.15) is 0 Å². The highest BCUT2D eigenvalue weighted by atomic mass is 16.5. The van der Waals surface area contributed by atoms with Crippen molar-refractivity contribution in [3.8, 4) is 5.75 Å². The number of likely N-dealkylation sites (N-methyl/N-ethyl adjacent to an activating group) is 1. The first-order chi connectivity index (χ1) is 9.20. The van der Waals surface area contributed by atoms with E-state index >= 15 is 0 Å². The molecule has 3 heteroatoms. The minimum atomic E-state index is 0.256. The first-order valence-corrected chi connectivity index (χ1v) is 7.24. The number of hydrogen-bond acceptors (Lipinski definition) is 3. The van der Waals surface area contributed by atoms with Crippen LogP contribution in [0.5, 0.6) is 5.75 Å². The second-order valence-corrected chi connectivity index (χ2v) is 5.66. The lowest BCUT2D eigenvalue weighted by Gasteiger charge is -2.38. The number of benzene rings is 1. The van der Waals surface area contributed by atoms with Crippen LogP contribution in [0.3, 0.4) is 0 Å². The van der Waals surface area contributed by atoms with Crippen LogP contribution in [-0.2, 0) is 6.42 Å². The highest BCUT2D eigenvalue weighted by Gasteiger charge is 2.35. The van der Waals surface area contributed by atoms with Gasteiger partial charge in [-0.1, -0.05) is 25.0 Å². The smallest absolute Gasteiger partial charge is 0.118 e. The highest BCUT2D eigenvalue weighted by molar-refractivity contribution is 5.27. The second-order valence-electron chi connectivity index (χ2n) is 5.66. The molecule has 1 saturated carbocycles. The predicted octanol–water partition coefficient (Wildman–Crippen LogP) is 2.44. The molecule has 1 aliphatic carbocycles. The molecule has 0 saturated heterocycles. The standard InChI is InChI=1S/C16H26N2O/c1-18(16(13-17)10-3-4-11-16)12-9-14-5-7-15(19-2)8-6-14/h5-8H,3-4,9-13,17H2,1-2H3. The molecular weight excluding hydrogens is 236 g/mol. The summed E-state index contributed by atoms with van der Waals surface area (Å²) in [5, 5.41) is 0. The van der Waals surface area contributed by atoms with Crippen LogP contribution in [0.2, 0.25) is 0 Å². The number of nitrogens with two attached hydrogens (primary N) is 1. The zero-order valence-corrected chi connectivity index (χ0v) is 12.2. The van der Waals surface area contributed by atoms with Gasteiger partial charge in [-0.25, -0.2) is 0 Å². The molecule has 0 spiro atoms. The van der Waals surface area contributed by atoms with E-state index in [9.17, 15) is 0 Å². The Kier molecular flexibility index (Phi) is 4.83. The average Bonchev–Trinajstić information content (AvgIpc) is 2.95. The van der Waals surface area contributed by atoms with E-state index in [1.807, 2.05) is 12.1 Å². The van der Waals surface area contributed by atoms with E-state index in [-0.39, 0.29) is 5.54 Å².